The Morgan fingerprint density at radius 3 is 2.88 bits per heavy atom. The maximum atomic E-state index is 4.24. The van der Waals surface area contributed by atoms with Gasteiger partial charge < -0.3 is 5.32 Å². The van der Waals surface area contributed by atoms with Crippen molar-refractivity contribution >= 4 is 21.7 Å². The molecule has 0 aliphatic carbocycles. The highest BCUT2D eigenvalue weighted by Crippen LogP contribution is 2.12. The third-order valence-corrected chi connectivity index (χ3v) is 2.29. The van der Waals surface area contributed by atoms with Crippen LogP contribution in [0.25, 0.3) is 0 Å². The quantitative estimate of drug-likeness (QED) is 0.860. The smallest absolute Gasteiger partial charge is 0.169 e. The van der Waals surface area contributed by atoms with Crippen molar-refractivity contribution in [3.8, 4) is 0 Å². The molecular weight excluding hydrogens is 272 g/mol. The van der Waals surface area contributed by atoms with E-state index in [1.807, 2.05) is 20.0 Å². The van der Waals surface area contributed by atoms with Gasteiger partial charge in [0.05, 0.1) is 6.54 Å². The van der Waals surface area contributed by atoms with Crippen molar-refractivity contribution in [1.82, 2.24) is 24.7 Å². The Morgan fingerprint density at radius 2 is 2.25 bits per heavy atom. The number of aromatic nitrogens is 5. The maximum Gasteiger partial charge on any atom is 0.169 e. The number of nitrogens with zero attached hydrogens (tertiary/aromatic N) is 5. The van der Waals surface area contributed by atoms with Crippen LogP contribution >= 0.6 is 15.9 Å². The number of halogens is 1. The van der Waals surface area contributed by atoms with Gasteiger partial charge in [0.1, 0.15) is 22.6 Å². The molecule has 0 saturated heterocycles. The Morgan fingerprint density at radius 1 is 1.44 bits per heavy atom. The van der Waals surface area contributed by atoms with Gasteiger partial charge in [0.2, 0.25) is 0 Å². The van der Waals surface area contributed by atoms with E-state index >= 15 is 0 Å². The average molecular weight is 283 g/mol. The molecule has 2 aromatic rings. The van der Waals surface area contributed by atoms with Crippen molar-refractivity contribution in [2.45, 2.75) is 13.5 Å². The van der Waals surface area contributed by atoms with Crippen LogP contribution in [0.5, 0.6) is 0 Å². The van der Waals surface area contributed by atoms with E-state index in [9.17, 15) is 0 Å². The Kier molecular flexibility index (Phi) is 3.14. The van der Waals surface area contributed by atoms with Crippen LogP contribution in [0, 0.1) is 6.92 Å². The van der Waals surface area contributed by atoms with E-state index in [4.69, 9.17) is 0 Å². The fourth-order valence-corrected chi connectivity index (χ4v) is 1.73. The first-order chi connectivity index (χ1) is 7.63. The molecule has 0 radical (unpaired) electrons. The second-order valence-electron chi connectivity index (χ2n) is 3.31. The van der Waals surface area contributed by atoms with Crippen LogP contribution in [0.4, 0.5) is 5.82 Å². The summed E-state index contributed by atoms with van der Waals surface area (Å²) in [6, 6.07) is 1.82. The fraction of sp³-hybridized carbons (Fsp3) is 0.333. The summed E-state index contributed by atoms with van der Waals surface area (Å²) in [5, 5.41) is 7.30. The molecule has 0 aliphatic heterocycles. The SMILES string of the molecule is Cc1nc(Br)cc(NCc2ncn(C)n2)n1. The average Bonchev–Trinajstić information content (AvgIpc) is 2.60. The first kappa shape index (κ1) is 11.0. The second kappa shape index (κ2) is 4.56. The van der Waals surface area contributed by atoms with Gasteiger partial charge in [-0.1, -0.05) is 0 Å². The number of hydrogen-bond acceptors (Lipinski definition) is 5. The van der Waals surface area contributed by atoms with Gasteiger partial charge in [-0.25, -0.2) is 15.0 Å². The largest absolute Gasteiger partial charge is 0.363 e. The van der Waals surface area contributed by atoms with Gasteiger partial charge >= 0.3 is 0 Å². The molecule has 2 heterocycles. The molecule has 0 atom stereocenters. The molecule has 84 valence electrons. The fourth-order valence-electron chi connectivity index (χ4n) is 1.26. The molecule has 2 aromatic heterocycles. The molecule has 0 aromatic carbocycles. The number of nitrogens with one attached hydrogen (secondary N) is 1. The van der Waals surface area contributed by atoms with Crippen LogP contribution in [-0.2, 0) is 13.6 Å². The summed E-state index contributed by atoms with van der Waals surface area (Å²) in [5.74, 6) is 2.20. The lowest BCUT2D eigenvalue weighted by Crippen LogP contribution is -2.05. The van der Waals surface area contributed by atoms with E-state index in [2.05, 4.69) is 41.3 Å². The van der Waals surface area contributed by atoms with Crippen LogP contribution < -0.4 is 5.32 Å². The Bertz CT molecular complexity index is 474. The molecule has 7 heteroatoms. The minimum Gasteiger partial charge on any atom is -0.363 e. The Labute approximate surface area is 101 Å². The minimum atomic E-state index is 0.545. The third-order valence-electron chi connectivity index (χ3n) is 1.88. The maximum absolute atomic E-state index is 4.24. The first-order valence-electron chi connectivity index (χ1n) is 4.73. The molecule has 0 fully saturated rings. The van der Waals surface area contributed by atoms with E-state index in [1.165, 1.54) is 0 Å². The Hall–Kier alpha value is -1.50. The van der Waals surface area contributed by atoms with Crippen molar-refractivity contribution in [2.24, 2.45) is 7.05 Å². The van der Waals surface area contributed by atoms with Crippen molar-refractivity contribution in [1.29, 1.82) is 0 Å². The molecule has 2 rings (SSSR count). The van der Waals surface area contributed by atoms with Gasteiger partial charge in [-0.15, -0.1) is 0 Å². The summed E-state index contributed by atoms with van der Waals surface area (Å²) < 4.78 is 2.43. The van der Waals surface area contributed by atoms with Crippen molar-refractivity contribution in [2.75, 3.05) is 5.32 Å². The van der Waals surface area contributed by atoms with Crippen LogP contribution in [0.2, 0.25) is 0 Å². The Balaban J connectivity index is 2.04. The summed E-state index contributed by atoms with van der Waals surface area (Å²) in [6.45, 7) is 2.39. The summed E-state index contributed by atoms with van der Waals surface area (Å²) >= 11 is 3.32. The number of hydrogen-bond donors (Lipinski definition) is 1. The van der Waals surface area contributed by atoms with Gasteiger partial charge in [0.15, 0.2) is 5.82 Å². The molecule has 16 heavy (non-hydrogen) atoms. The zero-order valence-corrected chi connectivity index (χ0v) is 10.6. The third kappa shape index (κ3) is 2.75. The molecule has 0 spiro atoms. The second-order valence-corrected chi connectivity index (χ2v) is 4.12. The van der Waals surface area contributed by atoms with E-state index in [-0.39, 0.29) is 0 Å². The van der Waals surface area contributed by atoms with Crippen molar-refractivity contribution in [3.63, 3.8) is 0 Å². The van der Waals surface area contributed by atoms with Crippen molar-refractivity contribution < 1.29 is 0 Å². The van der Waals surface area contributed by atoms with Crippen LogP contribution in [-0.4, -0.2) is 24.7 Å². The van der Waals surface area contributed by atoms with Gasteiger partial charge in [-0.2, -0.15) is 5.10 Å². The highest BCUT2D eigenvalue weighted by atomic mass is 79.9. The monoisotopic (exact) mass is 282 g/mol. The normalized spacial score (nSPS) is 10.4. The van der Waals surface area contributed by atoms with Crippen LogP contribution in [0.15, 0.2) is 17.0 Å². The lowest BCUT2D eigenvalue weighted by Gasteiger charge is -2.03. The predicted octanol–water partition coefficient (Wildman–Crippen LogP) is 1.29. The zero-order chi connectivity index (χ0) is 11.5. The molecule has 0 amide bonds. The molecule has 1 N–H and O–H groups in total. The minimum absolute atomic E-state index is 0.545. The molecule has 0 bridgehead atoms. The zero-order valence-electron chi connectivity index (χ0n) is 8.98. The lowest BCUT2D eigenvalue weighted by molar-refractivity contribution is 0.746. The highest BCUT2D eigenvalue weighted by molar-refractivity contribution is 9.10. The summed E-state index contributed by atoms with van der Waals surface area (Å²) in [6.07, 6.45) is 1.66. The van der Waals surface area contributed by atoms with Crippen molar-refractivity contribution in [3.05, 3.63) is 28.6 Å². The van der Waals surface area contributed by atoms with Gasteiger partial charge in [0, 0.05) is 13.1 Å². The molecule has 6 nitrogen and oxygen atoms in total. The van der Waals surface area contributed by atoms with E-state index in [0.29, 0.717) is 12.4 Å². The molecule has 0 saturated carbocycles. The predicted molar refractivity (Wildman–Crippen MR) is 62.8 cm³/mol. The van der Waals surface area contributed by atoms with Crippen LogP contribution in [0.3, 0.4) is 0 Å². The van der Waals surface area contributed by atoms with Crippen LogP contribution in [0.1, 0.15) is 11.6 Å². The summed E-state index contributed by atoms with van der Waals surface area (Å²) in [4.78, 5) is 12.5. The molecular formula is C9H11BrN6. The van der Waals surface area contributed by atoms with Gasteiger partial charge in [-0.05, 0) is 22.9 Å². The summed E-state index contributed by atoms with van der Waals surface area (Å²) in [5.41, 5.74) is 0. The van der Waals surface area contributed by atoms with E-state index in [1.54, 1.807) is 11.0 Å². The first-order valence-corrected chi connectivity index (χ1v) is 5.52. The number of anilines is 1. The number of rotatable bonds is 3. The molecule has 0 aliphatic rings. The van der Waals surface area contributed by atoms with Gasteiger partial charge in [-0.3, -0.25) is 4.68 Å². The molecule has 0 unspecified atom stereocenters. The standard InChI is InChI=1S/C9H11BrN6/c1-6-13-7(10)3-8(14-6)11-4-9-12-5-16(2)15-9/h3,5H,4H2,1-2H3,(H,11,13,14). The van der Waals surface area contributed by atoms with Gasteiger partial charge in [0.25, 0.3) is 0 Å². The summed E-state index contributed by atoms with van der Waals surface area (Å²) in [7, 11) is 1.84. The lowest BCUT2D eigenvalue weighted by atomic mass is 10.5. The van der Waals surface area contributed by atoms with E-state index in [0.717, 1.165) is 16.2 Å². The topological polar surface area (TPSA) is 68.5 Å². The highest BCUT2D eigenvalue weighted by Gasteiger charge is 2.01. The van der Waals surface area contributed by atoms with E-state index < -0.39 is 0 Å². The number of aryl methyl sites for hydroxylation is 2.